The van der Waals surface area contributed by atoms with Gasteiger partial charge in [-0.05, 0) is 82.3 Å². The van der Waals surface area contributed by atoms with Crippen molar-refractivity contribution in [2.24, 2.45) is 5.41 Å². The molecular formula is C25H31N3O. The molecule has 2 aromatic rings. The van der Waals surface area contributed by atoms with E-state index in [4.69, 9.17) is 10.00 Å². The molecule has 4 heteroatoms. The zero-order valence-corrected chi connectivity index (χ0v) is 17.6. The lowest BCUT2D eigenvalue weighted by atomic mass is 9.75. The number of ether oxygens (including phenoxy) is 1. The Morgan fingerprint density at radius 3 is 2.72 bits per heavy atom. The van der Waals surface area contributed by atoms with Crippen molar-refractivity contribution in [2.45, 2.75) is 57.6 Å². The third-order valence-electron chi connectivity index (χ3n) is 7.07. The van der Waals surface area contributed by atoms with E-state index >= 15 is 0 Å². The monoisotopic (exact) mass is 389 g/mol. The lowest BCUT2D eigenvalue weighted by Crippen LogP contribution is -2.44. The molecule has 1 aromatic carbocycles. The minimum Gasteiger partial charge on any atom is -0.378 e. The van der Waals surface area contributed by atoms with E-state index in [1.807, 2.05) is 24.4 Å². The molecule has 0 aliphatic carbocycles. The molecule has 2 aliphatic heterocycles. The molecular weight excluding hydrogens is 358 g/mol. The molecule has 2 aliphatic rings. The van der Waals surface area contributed by atoms with E-state index < -0.39 is 0 Å². The highest BCUT2D eigenvalue weighted by Crippen LogP contribution is 2.46. The van der Waals surface area contributed by atoms with Crippen molar-refractivity contribution >= 4 is 0 Å². The summed E-state index contributed by atoms with van der Waals surface area (Å²) in [6.07, 6.45) is 7.92. The summed E-state index contributed by atoms with van der Waals surface area (Å²) in [6, 6.07) is 16.5. The number of rotatable bonds is 6. The Bertz CT molecular complexity index is 850. The summed E-state index contributed by atoms with van der Waals surface area (Å²) >= 11 is 0. The van der Waals surface area contributed by atoms with Gasteiger partial charge in [-0.15, -0.1) is 0 Å². The molecule has 2 saturated heterocycles. The number of aryl methyl sites for hydroxylation is 1. The molecule has 2 atom stereocenters. The van der Waals surface area contributed by atoms with Crippen LogP contribution in [0, 0.1) is 16.7 Å². The normalized spacial score (nSPS) is 25.2. The van der Waals surface area contributed by atoms with Crippen molar-refractivity contribution in [1.82, 2.24) is 9.88 Å². The van der Waals surface area contributed by atoms with Crippen LogP contribution >= 0.6 is 0 Å². The number of nitriles is 1. The first kappa shape index (κ1) is 20.1. The zero-order chi connectivity index (χ0) is 20.3. The number of benzene rings is 1. The Balaban J connectivity index is 1.52. The van der Waals surface area contributed by atoms with Crippen LogP contribution in [0.1, 0.15) is 56.4 Å². The maximum Gasteiger partial charge on any atom is 0.0991 e. The van der Waals surface area contributed by atoms with Gasteiger partial charge in [0.2, 0.25) is 0 Å². The molecule has 0 spiro atoms. The van der Waals surface area contributed by atoms with Gasteiger partial charge in [0, 0.05) is 24.8 Å². The second-order valence-corrected chi connectivity index (χ2v) is 9.12. The van der Waals surface area contributed by atoms with Gasteiger partial charge in [-0.3, -0.25) is 9.88 Å². The summed E-state index contributed by atoms with van der Waals surface area (Å²) in [5, 5.41) is 9.04. The summed E-state index contributed by atoms with van der Waals surface area (Å²) in [5.41, 5.74) is 3.28. The highest BCUT2D eigenvalue weighted by atomic mass is 16.5. The number of aromatic nitrogens is 1. The van der Waals surface area contributed by atoms with E-state index in [9.17, 15) is 0 Å². The topological polar surface area (TPSA) is 49.2 Å². The summed E-state index contributed by atoms with van der Waals surface area (Å²) in [5.74, 6) is 0. The summed E-state index contributed by atoms with van der Waals surface area (Å²) in [4.78, 5) is 7.26. The van der Waals surface area contributed by atoms with Gasteiger partial charge in [-0.25, -0.2) is 0 Å². The average molecular weight is 390 g/mol. The van der Waals surface area contributed by atoms with Crippen molar-refractivity contribution in [3.63, 3.8) is 0 Å². The summed E-state index contributed by atoms with van der Waals surface area (Å²) in [7, 11) is 0. The molecule has 4 rings (SSSR count). The van der Waals surface area contributed by atoms with Crippen LogP contribution < -0.4 is 0 Å². The first-order valence-electron chi connectivity index (χ1n) is 10.8. The Labute approximate surface area is 174 Å². The Kier molecular flexibility index (Phi) is 5.72. The second kappa shape index (κ2) is 8.26. The molecule has 1 unspecified atom stereocenters. The van der Waals surface area contributed by atoms with Gasteiger partial charge >= 0.3 is 0 Å². The molecule has 152 valence electrons. The third-order valence-corrected chi connectivity index (χ3v) is 7.07. The van der Waals surface area contributed by atoms with E-state index in [1.165, 1.54) is 24.8 Å². The number of hydrogen-bond acceptors (Lipinski definition) is 4. The highest BCUT2D eigenvalue weighted by Gasteiger charge is 2.49. The fourth-order valence-corrected chi connectivity index (χ4v) is 5.09. The van der Waals surface area contributed by atoms with Crippen molar-refractivity contribution in [2.75, 3.05) is 19.7 Å². The van der Waals surface area contributed by atoms with Gasteiger partial charge in [-0.2, -0.15) is 5.26 Å². The molecule has 0 radical (unpaired) electrons. The quantitative estimate of drug-likeness (QED) is 0.719. The van der Waals surface area contributed by atoms with Gasteiger partial charge in [0.05, 0.1) is 29.0 Å². The van der Waals surface area contributed by atoms with E-state index in [-0.39, 0.29) is 11.0 Å². The van der Waals surface area contributed by atoms with E-state index in [1.54, 1.807) is 0 Å². The van der Waals surface area contributed by atoms with E-state index in [0.29, 0.717) is 6.10 Å². The van der Waals surface area contributed by atoms with E-state index in [2.05, 4.69) is 54.1 Å². The molecule has 0 N–H and O–H groups in total. The molecule has 4 nitrogen and oxygen atoms in total. The fourth-order valence-electron chi connectivity index (χ4n) is 5.09. The first-order chi connectivity index (χ1) is 14.0. The molecule has 0 amide bonds. The SMILES string of the molecule is CC(C)(c1ccccn1)N1CC[C@@](CCc2ccc(C#N)cc2)(C2CCCO2)C1. The number of pyridine rings is 1. The van der Waals surface area contributed by atoms with Crippen LogP contribution in [0.5, 0.6) is 0 Å². The minimum atomic E-state index is -0.0872. The highest BCUT2D eigenvalue weighted by molar-refractivity contribution is 5.31. The van der Waals surface area contributed by atoms with E-state index in [0.717, 1.165) is 43.8 Å². The zero-order valence-electron chi connectivity index (χ0n) is 17.6. The second-order valence-electron chi connectivity index (χ2n) is 9.12. The maximum absolute atomic E-state index is 9.04. The predicted octanol–water partition coefficient (Wildman–Crippen LogP) is 4.69. The van der Waals surface area contributed by atoms with Crippen LogP contribution in [0.25, 0.3) is 0 Å². The molecule has 0 saturated carbocycles. The van der Waals surface area contributed by atoms with Crippen LogP contribution in [0.15, 0.2) is 48.7 Å². The Morgan fingerprint density at radius 2 is 2.07 bits per heavy atom. The van der Waals surface area contributed by atoms with Crippen molar-refractivity contribution in [1.29, 1.82) is 5.26 Å². The molecule has 3 heterocycles. The maximum atomic E-state index is 9.04. The van der Waals surface area contributed by atoms with Crippen molar-refractivity contribution in [3.8, 4) is 6.07 Å². The minimum absolute atomic E-state index is 0.0872. The molecule has 2 fully saturated rings. The summed E-state index contributed by atoms with van der Waals surface area (Å²) in [6.45, 7) is 7.62. The fraction of sp³-hybridized carbons (Fsp3) is 0.520. The first-order valence-corrected chi connectivity index (χ1v) is 10.8. The van der Waals surface area contributed by atoms with Gasteiger partial charge in [-0.1, -0.05) is 18.2 Å². The molecule has 29 heavy (non-hydrogen) atoms. The Hall–Kier alpha value is -2.22. The van der Waals surface area contributed by atoms with Gasteiger partial charge < -0.3 is 4.74 Å². The van der Waals surface area contributed by atoms with Crippen LogP contribution in [-0.4, -0.2) is 35.7 Å². The van der Waals surface area contributed by atoms with Gasteiger partial charge in [0.25, 0.3) is 0 Å². The number of hydrogen-bond donors (Lipinski definition) is 0. The average Bonchev–Trinajstić information content (AvgIpc) is 3.44. The number of nitrogens with zero attached hydrogens (tertiary/aromatic N) is 3. The summed E-state index contributed by atoms with van der Waals surface area (Å²) < 4.78 is 6.25. The molecule has 1 aromatic heterocycles. The van der Waals surface area contributed by atoms with Crippen LogP contribution in [0.2, 0.25) is 0 Å². The number of likely N-dealkylation sites (tertiary alicyclic amines) is 1. The van der Waals surface area contributed by atoms with Crippen LogP contribution in [0.4, 0.5) is 0 Å². The lowest BCUT2D eigenvalue weighted by Gasteiger charge is -2.39. The predicted molar refractivity (Wildman–Crippen MR) is 114 cm³/mol. The van der Waals surface area contributed by atoms with Crippen molar-refractivity contribution in [3.05, 3.63) is 65.5 Å². The van der Waals surface area contributed by atoms with Crippen molar-refractivity contribution < 1.29 is 4.74 Å². The van der Waals surface area contributed by atoms with Crippen LogP contribution in [0.3, 0.4) is 0 Å². The Morgan fingerprint density at radius 1 is 1.24 bits per heavy atom. The third kappa shape index (κ3) is 4.08. The largest absolute Gasteiger partial charge is 0.378 e. The lowest BCUT2D eigenvalue weighted by molar-refractivity contribution is -0.00860. The smallest absolute Gasteiger partial charge is 0.0991 e. The van der Waals surface area contributed by atoms with Crippen LogP contribution in [-0.2, 0) is 16.7 Å². The molecule has 0 bridgehead atoms. The standard InChI is InChI=1S/C25H31N3O/c1-24(2,22-6-3-4-15-27-22)28-16-14-25(19-28,23-7-5-17-29-23)13-12-20-8-10-21(18-26)11-9-20/h3-4,6,8-11,15,23H,5,7,12-14,16-17,19H2,1-2H3/t23?,25-/m1/s1. The van der Waals surface area contributed by atoms with Gasteiger partial charge in [0.1, 0.15) is 0 Å². The van der Waals surface area contributed by atoms with Gasteiger partial charge in [0.15, 0.2) is 0 Å².